The first-order chi connectivity index (χ1) is 9.15. The van der Waals surface area contributed by atoms with E-state index in [2.05, 4.69) is 23.9 Å². The Bertz CT molecular complexity index is 425. The van der Waals surface area contributed by atoms with Crippen molar-refractivity contribution in [3.63, 3.8) is 0 Å². The molecule has 0 aliphatic heterocycles. The lowest BCUT2D eigenvalue weighted by atomic mass is 9.84. The summed E-state index contributed by atoms with van der Waals surface area (Å²) in [6.45, 7) is 2.28. The predicted octanol–water partition coefficient (Wildman–Crippen LogP) is 3.33. The molecule has 0 bridgehead atoms. The molecule has 0 N–H and O–H groups in total. The van der Waals surface area contributed by atoms with Gasteiger partial charge in [-0.05, 0) is 31.6 Å². The van der Waals surface area contributed by atoms with Crippen LogP contribution < -0.4 is 4.90 Å². The molecule has 0 radical (unpaired) electrons. The van der Waals surface area contributed by atoms with Crippen LogP contribution in [0.25, 0.3) is 0 Å². The Morgan fingerprint density at radius 1 is 1.47 bits per heavy atom. The molecule has 4 nitrogen and oxygen atoms in total. The zero-order valence-electron chi connectivity index (χ0n) is 11.9. The van der Waals surface area contributed by atoms with E-state index in [1.165, 1.54) is 50.6 Å². The topological polar surface area (TPSA) is 42.4 Å². The van der Waals surface area contributed by atoms with Gasteiger partial charge in [-0.1, -0.05) is 24.7 Å². The zero-order chi connectivity index (χ0) is 13.8. The van der Waals surface area contributed by atoms with Crippen LogP contribution in [-0.2, 0) is 4.74 Å². The van der Waals surface area contributed by atoms with Gasteiger partial charge in [0.1, 0.15) is 4.88 Å². The Morgan fingerprint density at radius 3 is 2.74 bits per heavy atom. The van der Waals surface area contributed by atoms with Gasteiger partial charge >= 0.3 is 5.97 Å². The van der Waals surface area contributed by atoms with E-state index in [0.717, 1.165) is 11.0 Å². The second-order valence-electron chi connectivity index (χ2n) is 5.19. The van der Waals surface area contributed by atoms with Gasteiger partial charge in [0.2, 0.25) is 0 Å². The number of rotatable bonds is 4. The normalized spacial score (nSPS) is 23.1. The summed E-state index contributed by atoms with van der Waals surface area (Å²) >= 11 is 1.41. The molecule has 1 aromatic heterocycles. The van der Waals surface area contributed by atoms with E-state index < -0.39 is 0 Å². The molecule has 0 unspecified atom stereocenters. The average Bonchev–Trinajstić information content (AvgIpc) is 2.95. The SMILES string of the molecule is CCC1CCC(N(C)c2ncc(C(=O)OC)s2)CC1. The van der Waals surface area contributed by atoms with Gasteiger partial charge in [-0.3, -0.25) is 0 Å². The van der Waals surface area contributed by atoms with Crippen molar-refractivity contribution in [2.45, 2.75) is 45.1 Å². The van der Waals surface area contributed by atoms with Crippen LogP contribution >= 0.6 is 11.3 Å². The van der Waals surface area contributed by atoms with Gasteiger partial charge in [0.25, 0.3) is 0 Å². The maximum Gasteiger partial charge on any atom is 0.349 e. The van der Waals surface area contributed by atoms with E-state index in [4.69, 9.17) is 4.74 Å². The molecule has 1 saturated carbocycles. The minimum atomic E-state index is -0.299. The largest absolute Gasteiger partial charge is 0.465 e. The van der Waals surface area contributed by atoms with Crippen LogP contribution in [0.1, 0.15) is 48.7 Å². The van der Waals surface area contributed by atoms with Crippen LogP contribution in [0.2, 0.25) is 0 Å². The first-order valence-corrected chi connectivity index (χ1v) is 7.74. The highest BCUT2D eigenvalue weighted by Gasteiger charge is 2.25. The highest BCUT2D eigenvalue weighted by atomic mass is 32.1. The number of esters is 1. The van der Waals surface area contributed by atoms with Gasteiger partial charge < -0.3 is 9.64 Å². The van der Waals surface area contributed by atoms with Crippen molar-refractivity contribution in [2.24, 2.45) is 5.92 Å². The predicted molar refractivity (Wildman–Crippen MR) is 77.9 cm³/mol. The fourth-order valence-electron chi connectivity index (χ4n) is 2.72. The van der Waals surface area contributed by atoms with Crippen molar-refractivity contribution in [3.05, 3.63) is 11.1 Å². The van der Waals surface area contributed by atoms with Gasteiger partial charge in [0.15, 0.2) is 5.13 Å². The summed E-state index contributed by atoms with van der Waals surface area (Å²) in [5.74, 6) is 0.596. The molecule has 5 heteroatoms. The number of hydrogen-bond donors (Lipinski definition) is 0. The maximum atomic E-state index is 11.4. The standard InChI is InChI=1S/C14H22N2O2S/c1-4-10-5-7-11(8-6-10)16(2)14-15-9-12(19-14)13(17)18-3/h9-11H,4-8H2,1-3H3. The molecule has 19 heavy (non-hydrogen) atoms. The molecular formula is C14H22N2O2S. The smallest absolute Gasteiger partial charge is 0.349 e. The molecule has 1 aliphatic carbocycles. The molecule has 2 rings (SSSR count). The third-order valence-corrected chi connectivity index (χ3v) is 5.19. The molecular weight excluding hydrogens is 260 g/mol. The number of aromatic nitrogens is 1. The first kappa shape index (κ1) is 14.3. The van der Waals surface area contributed by atoms with Crippen LogP contribution in [-0.4, -0.2) is 31.2 Å². The number of methoxy groups -OCH3 is 1. The van der Waals surface area contributed by atoms with Crippen LogP contribution in [0.4, 0.5) is 5.13 Å². The Balaban J connectivity index is 1.98. The van der Waals surface area contributed by atoms with Crippen LogP contribution in [0, 0.1) is 5.92 Å². The third kappa shape index (κ3) is 3.26. The fourth-order valence-corrected chi connectivity index (χ4v) is 3.59. The minimum absolute atomic E-state index is 0.299. The molecule has 0 atom stereocenters. The molecule has 1 heterocycles. The van der Waals surface area contributed by atoms with Gasteiger partial charge in [0, 0.05) is 13.1 Å². The summed E-state index contributed by atoms with van der Waals surface area (Å²) in [4.78, 5) is 18.6. The van der Waals surface area contributed by atoms with Crippen molar-refractivity contribution >= 4 is 22.4 Å². The molecule has 0 amide bonds. The lowest BCUT2D eigenvalue weighted by Crippen LogP contribution is -2.35. The van der Waals surface area contributed by atoms with Gasteiger partial charge in [0.05, 0.1) is 13.3 Å². The monoisotopic (exact) mass is 282 g/mol. The first-order valence-electron chi connectivity index (χ1n) is 6.92. The molecule has 1 aliphatic rings. The maximum absolute atomic E-state index is 11.4. The molecule has 0 spiro atoms. The Kier molecular flexibility index (Phi) is 4.80. The van der Waals surface area contributed by atoms with Gasteiger partial charge in [-0.2, -0.15) is 0 Å². The van der Waals surface area contributed by atoms with Crippen LogP contribution in [0.15, 0.2) is 6.20 Å². The summed E-state index contributed by atoms with van der Waals surface area (Å²) in [5.41, 5.74) is 0. The fraction of sp³-hybridized carbons (Fsp3) is 0.714. The van der Waals surface area contributed by atoms with E-state index in [1.807, 2.05) is 0 Å². The highest BCUT2D eigenvalue weighted by Crippen LogP contribution is 2.32. The van der Waals surface area contributed by atoms with E-state index in [0.29, 0.717) is 10.9 Å². The van der Waals surface area contributed by atoms with Crippen LogP contribution in [0.3, 0.4) is 0 Å². The third-order valence-electron chi connectivity index (χ3n) is 4.12. The summed E-state index contributed by atoms with van der Waals surface area (Å²) in [7, 11) is 3.48. The average molecular weight is 282 g/mol. The summed E-state index contributed by atoms with van der Waals surface area (Å²) in [6, 6.07) is 0.555. The lowest BCUT2D eigenvalue weighted by molar-refractivity contribution is 0.0606. The van der Waals surface area contributed by atoms with Gasteiger partial charge in [-0.25, -0.2) is 9.78 Å². The minimum Gasteiger partial charge on any atom is -0.465 e. The zero-order valence-corrected chi connectivity index (χ0v) is 12.7. The summed E-state index contributed by atoms with van der Waals surface area (Å²) in [5, 5.41) is 0.917. The second kappa shape index (κ2) is 6.37. The van der Waals surface area contributed by atoms with E-state index in [9.17, 15) is 4.79 Å². The van der Waals surface area contributed by atoms with Gasteiger partial charge in [-0.15, -0.1) is 0 Å². The van der Waals surface area contributed by atoms with E-state index >= 15 is 0 Å². The van der Waals surface area contributed by atoms with Crippen molar-refractivity contribution < 1.29 is 9.53 Å². The van der Waals surface area contributed by atoms with E-state index in [1.54, 1.807) is 6.20 Å². The Labute approximate surface area is 118 Å². The molecule has 0 aromatic carbocycles. The number of hydrogen-bond acceptors (Lipinski definition) is 5. The van der Waals surface area contributed by atoms with E-state index in [-0.39, 0.29) is 5.97 Å². The molecule has 1 fully saturated rings. The Hall–Kier alpha value is -1.10. The number of carbonyl (C=O) groups excluding carboxylic acids is 1. The second-order valence-corrected chi connectivity index (χ2v) is 6.20. The highest BCUT2D eigenvalue weighted by molar-refractivity contribution is 7.17. The van der Waals surface area contributed by atoms with Crippen molar-refractivity contribution in [2.75, 3.05) is 19.1 Å². The summed E-state index contributed by atoms with van der Waals surface area (Å²) in [6.07, 6.45) is 7.96. The van der Waals surface area contributed by atoms with Crippen molar-refractivity contribution in [3.8, 4) is 0 Å². The number of ether oxygens (including phenoxy) is 1. The quantitative estimate of drug-likeness (QED) is 0.794. The van der Waals surface area contributed by atoms with Crippen molar-refractivity contribution in [1.29, 1.82) is 0 Å². The summed E-state index contributed by atoms with van der Waals surface area (Å²) < 4.78 is 4.72. The number of anilines is 1. The molecule has 0 saturated heterocycles. The Morgan fingerprint density at radius 2 is 2.16 bits per heavy atom. The molecule has 1 aromatic rings. The number of nitrogens with zero attached hydrogens (tertiary/aromatic N) is 2. The number of carbonyl (C=O) groups is 1. The van der Waals surface area contributed by atoms with Crippen LogP contribution in [0.5, 0.6) is 0 Å². The molecule has 106 valence electrons. The number of thiazole rings is 1. The lowest BCUT2D eigenvalue weighted by Gasteiger charge is -2.34. The van der Waals surface area contributed by atoms with Crippen molar-refractivity contribution in [1.82, 2.24) is 4.98 Å².